The van der Waals surface area contributed by atoms with Gasteiger partial charge in [-0.2, -0.15) is 0 Å². The largest absolute Gasteiger partial charge is 0.369 e. The lowest BCUT2D eigenvalue weighted by Gasteiger charge is -2.37. The Morgan fingerprint density at radius 1 is 1.52 bits per heavy atom. The second-order valence-electron chi connectivity index (χ2n) is 5.56. The summed E-state index contributed by atoms with van der Waals surface area (Å²) < 4.78 is 0.829. The minimum absolute atomic E-state index is 0.0577. The molecule has 2 rings (SSSR count). The number of piperazine rings is 1. The number of carbonyl (C=O) groups is 1. The van der Waals surface area contributed by atoms with Crippen LogP contribution in [0.1, 0.15) is 30.6 Å². The molecule has 1 saturated heterocycles. The molecule has 5 nitrogen and oxygen atoms in total. The number of aromatic nitrogens is 1. The summed E-state index contributed by atoms with van der Waals surface area (Å²) in [6.45, 7) is 7.49. The Morgan fingerprint density at radius 2 is 2.29 bits per heavy atom. The summed E-state index contributed by atoms with van der Waals surface area (Å²) >= 11 is 3.41. The number of pyridine rings is 1. The lowest BCUT2D eigenvalue weighted by Crippen LogP contribution is -2.52. The quantitative estimate of drug-likeness (QED) is 0.901. The molecule has 1 aromatic heterocycles. The third kappa shape index (κ3) is 3.95. The Kier molecular flexibility index (Phi) is 5.58. The molecule has 2 heterocycles. The van der Waals surface area contributed by atoms with Gasteiger partial charge in [0.15, 0.2) is 0 Å². The number of halogens is 1. The molecule has 0 aromatic carbocycles. The van der Waals surface area contributed by atoms with E-state index in [1.165, 1.54) is 0 Å². The minimum atomic E-state index is 0.0577. The number of hydrogen-bond donors (Lipinski definition) is 1. The topological polar surface area (TPSA) is 48.5 Å². The van der Waals surface area contributed by atoms with Gasteiger partial charge in [-0.1, -0.05) is 6.92 Å². The molecule has 1 atom stereocenters. The highest BCUT2D eigenvalue weighted by Gasteiger charge is 2.26. The first-order valence-electron chi connectivity index (χ1n) is 7.41. The average molecular weight is 355 g/mol. The van der Waals surface area contributed by atoms with Gasteiger partial charge in [0.05, 0.1) is 5.56 Å². The van der Waals surface area contributed by atoms with Gasteiger partial charge in [0.25, 0.3) is 5.91 Å². The second kappa shape index (κ2) is 7.22. The van der Waals surface area contributed by atoms with E-state index < -0.39 is 0 Å². The minimum Gasteiger partial charge on any atom is -0.369 e. The number of anilines is 1. The number of hydrogen-bond acceptors (Lipinski definition) is 4. The predicted octanol–water partition coefficient (Wildman–Crippen LogP) is 2.44. The van der Waals surface area contributed by atoms with Gasteiger partial charge in [0, 0.05) is 42.9 Å². The van der Waals surface area contributed by atoms with Gasteiger partial charge in [-0.15, -0.1) is 0 Å². The molecule has 1 aromatic rings. The Labute approximate surface area is 134 Å². The molecule has 1 aliphatic rings. The van der Waals surface area contributed by atoms with Gasteiger partial charge in [0.2, 0.25) is 0 Å². The van der Waals surface area contributed by atoms with Gasteiger partial charge >= 0.3 is 0 Å². The van der Waals surface area contributed by atoms with Crippen molar-refractivity contribution >= 4 is 27.7 Å². The number of rotatable bonds is 4. The van der Waals surface area contributed by atoms with E-state index in [0.29, 0.717) is 17.4 Å². The van der Waals surface area contributed by atoms with Crippen molar-refractivity contribution in [3.8, 4) is 0 Å². The maximum Gasteiger partial charge on any atom is 0.257 e. The van der Waals surface area contributed by atoms with Gasteiger partial charge in [-0.05, 0) is 42.4 Å². The van der Waals surface area contributed by atoms with Crippen LogP contribution in [0.5, 0.6) is 0 Å². The molecule has 0 spiro atoms. The standard InChI is InChI=1S/C15H23BrN4O/c1-4-5-17-14-13(8-12(16)9-18-14)15(21)20-7-6-19(3)11(2)10-20/h8-9,11H,4-7,10H2,1-3H3,(H,17,18). The van der Waals surface area contributed by atoms with Crippen molar-refractivity contribution in [1.82, 2.24) is 14.8 Å². The average Bonchev–Trinajstić information content (AvgIpc) is 2.48. The van der Waals surface area contributed by atoms with Crippen molar-refractivity contribution in [1.29, 1.82) is 0 Å². The highest BCUT2D eigenvalue weighted by Crippen LogP contribution is 2.21. The van der Waals surface area contributed by atoms with E-state index in [2.05, 4.69) is 52.0 Å². The van der Waals surface area contributed by atoms with Crippen molar-refractivity contribution in [2.24, 2.45) is 0 Å². The molecule has 6 heteroatoms. The first-order valence-corrected chi connectivity index (χ1v) is 8.21. The molecule has 0 saturated carbocycles. The summed E-state index contributed by atoms with van der Waals surface area (Å²) in [5, 5.41) is 3.24. The highest BCUT2D eigenvalue weighted by atomic mass is 79.9. The Balaban J connectivity index is 2.19. The van der Waals surface area contributed by atoms with Crippen LogP contribution in [-0.2, 0) is 0 Å². The van der Waals surface area contributed by atoms with Crippen molar-refractivity contribution in [3.63, 3.8) is 0 Å². The monoisotopic (exact) mass is 354 g/mol. The molecular formula is C15H23BrN4O. The molecule has 1 N–H and O–H groups in total. The summed E-state index contributed by atoms with van der Waals surface area (Å²) in [5.74, 6) is 0.735. The number of likely N-dealkylation sites (N-methyl/N-ethyl adjacent to an activating group) is 1. The van der Waals surface area contributed by atoms with Gasteiger partial charge in [-0.25, -0.2) is 4.98 Å². The first-order chi connectivity index (χ1) is 10.0. The van der Waals surface area contributed by atoms with E-state index in [4.69, 9.17) is 0 Å². The van der Waals surface area contributed by atoms with Crippen molar-refractivity contribution < 1.29 is 4.79 Å². The molecule has 0 aliphatic carbocycles. The normalized spacial score (nSPS) is 19.6. The van der Waals surface area contributed by atoms with Crippen LogP contribution in [0.15, 0.2) is 16.7 Å². The van der Waals surface area contributed by atoms with E-state index in [9.17, 15) is 4.79 Å². The van der Waals surface area contributed by atoms with Gasteiger partial charge in [0.1, 0.15) is 5.82 Å². The number of nitrogens with zero attached hydrogens (tertiary/aromatic N) is 3. The zero-order chi connectivity index (χ0) is 15.4. The van der Waals surface area contributed by atoms with Crippen LogP contribution in [0, 0.1) is 0 Å². The van der Waals surface area contributed by atoms with Crippen LogP contribution in [0.4, 0.5) is 5.82 Å². The fourth-order valence-corrected chi connectivity index (χ4v) is 2.72. The SMILES string of the molecule is CCCNc1ncc(Br)cc1C(=O)N1CCN(C)C(C)C1. The zero-order valence-corrected chi connectivity index (χ0v) is 14.5. The van der Waals surface area contributed by atoms with Crippen molar-refractivity contribution in [3.05, 3.63) is 22.3 Å². The fraction of sp³-hybridized carbons (Fsp3) is 0.600. The van der Waals surface area contributed by atoms with Gasteiger partial charge in [-0.3, -0.25) is 4.79 Å². The summed E-state index contributed by atoms with van der Waals surface area (Å²) in [6.07, 6.45) is 2.72. The predicted molar refractivity (Wildman–Crippen MR) is 88.7 cm³/mol. The first kappa shape index (κ1) is 16.2. The molecule has 1 fully saturated rings. The lowest BCUT2D eigenvalue weighted by molar-refractivity contribution is 0.0573. The lowest BCUT2D eigenvalue weighted by atomic mass is 10.1. The van der Waals surface area contributed by atoms with E-state index >= 15 is 0 Å². The number of amides is 1. The van der Waals surface area contributed by atoms with Crippen molar-refractivity contribution in [2.45, 2.75) is 26.3 Å². The molecule has 1 unspecified atom stereocenters. The third-order valence-electron chi connectivity index (χ3n) is 3.87. The molecule has 116 valence electrons. The van der Waals surface area contributed by atoms with E-state index in [1.54, 1.807) is 6.20 Å². The van der Waals surface area contributed by atoms with Crippen LogP contribution >= 0.6 is 15.9 Å². The molecule has 0 radical (unpaired) electrons. The van der Waals surface area contributed by atoms with Crippen molar-refractivity contribution in [2.75, 3.05) is 38.5 Å². The third-order valence-corrected chi connectivity index (χ3v) is 4.31. The fourth-order valence-electron chi connectivity index (χ4n) is 2.39. The maximum atomic E-state index is 12.8. The van der Waals surface area contributed by atoms with Crippen LogP contribution in [0.2, 0.25) is 0 Å². The second-order valence-corrected chi connectivity index (χ2v) is 6.47. The molecule has 1 aliphatic heterocycles. The van der Waals surface area contributed by atoms with E-state index in [0.717, 1.165) is 37.1 Å². The van der Waals surface area contributed by atoms with Crippen LogP contribution in [-0.4, -0.2) is 60.0 Å². The van der Waals surface area contributed by atoms with Crippen LogP contribution in [0.25, 0.3) is 0 Å². The van der Waals surface area contributed by atoms with Crippen LogP contribution < -0.4 is 5.32 Å². The molecular weight excluding hydrogens is 332 g/mol. The summed E-state index contributed by atoms with van der Waals surface area (Å²) in [4.78, 5) is 21.3. The molecule has 21 heavy (non-hydrogen) atoms. The summed E-state index contributed by atoms with van der Waals surface area (Å²) in [6, 6.07) is 2.24. The zero-order valence-electron chi connectivity index (χ0n) is 12.9. The Hall–Kier alpha value is -1.14. The van der Waals surface area contributed by atoms with Crippen LogP contribution in [0.3, 0.4) is 0 Å². The smallest absolute Gasteiger partial charge is 0.257 e. The molecule has 0 bridgehead atoms. The summed E-state index contributed by atoms with van der Waals surface area (Å²) in [7, 11) is 2.10. The van der Waals surface area contributed by atoms with E-state index in [1.807, 2.05) is 11.0 Å². The highest BCUT2D eigenvalue weighted by molar-refractivity contribution is 9.10. The molecule has 1 amide bonds. The maximum absolute atomic E-state index is 12.8. The van der Waals surface area contributed by atoms with Gasteiger partial charge < -0.3 is 15.1 Å². The number of carbonyl (C=O) groups excluding carboxylic acids is 1. The number of nitrogens with one attached hydrogen (secondary N) is 1. The Morgan fingerprint density at radius 3 is 2.95 bits per heavy atom. The van der Waals surface area contributed by atoms with E-state index in [-0.39, 0.29) is 5.91 Å². The Bertz CT molecular complexity index is 508. The summed E-state index contributed by atoms with van der Waals surface area (Å²) in [5.41, 5.74) is 0.648.